The molecule has 2 aliphatic heterocycles. The van der Waals surface area contributed by atoms with E-state index in [0.717, 1.165) is 25.7 Å². The number of piperidine rings is 2. The molecule has 2 amide bonds. The summed E-state index contributed by atoms with van der Waals surface area (Å²) in [5, 5.41) is 29.8. The molecule has 2 rings (SSSR count). The summed E-state index contributed by atoms with van der Waals surface area (Å²) in [5.41, 5.74) is -0.917. The predicted octanol–water partition coefficient (Wildman–Crippen LogP) is 1.25. The molecule has 10 nitrogen and oxygen atoms in total. The smallest absolute Gasteiger partial charge is 0.407 e. The van der Waals surface area contributed by atoms with Crippen molar-refractivity contribution in [2.75, 3.05) is 26.3 Å². The van der Waals surface area contributed by atoms with Crippen molar-refractivity contribution in [1.29, 1.82) is 0 Å². The highest BCUT2D eigenvalue weighted by molar-refractivity contribution is 5.68. The summed E-state index contributed by atoms with van der Waals surface area (Å²) in [6, 6.07) is 0.517. The lowest BCUT2D eigenvalue weighted by Gasteiger charge is -2.30. The van der Waals surface area contributed by atoms with Gasteiger partial charge in [0.1, 0.15) is 11.2 Å². The fourth-order valence-electron chi connectivity index (χ4n) is 3.34. The molecule has 32 heavy (non-hydrogen) atoms. The maximum absolute atomic E-state index is 11.5. The van der Waals surface area contributed by atoms with Crippen LogP contribution in [-0.2, 0) is 9.47 Å². The Morgan fingerprint density at radius 1 is 0.750 bits per heavy atom. The molecule has 0 aliphatic carbocycles. The van der Waals surface area contributed by atoms with E-state index in [2.05, 4.69) is 21.3 Å². The van der Waals surface area contributed by atoms with E-state index in [-0.39, 0.29) is 49.6 Å². The average molecular weight is 461 g/mol. The summed E-state index contributed by atoms with van der Waals surface area (Å²) in [7, 11) is 0. The van der Waals surface area contributed by atoms with Crippen molar-refractivity contribution >= 4 is 12.2 Å². The summed E-state index contributed by atoms with van der Waals surface area (Å²) in [6.45, 7) is 12.7. The van der Waals surface area contributed by atoms with E-state index in [1.54, 1.807) is 0 Å². The Labute approximate surface area is 192 Å². The van der Waals surface area contributed by atoms with Crippen molar-refractivity contribution in [2.24, 2.45) is 0 Å². The maximum Gasteiger partial charge on any atom is 0.407 e. The largest absolute Gasteiger partial charge is 0.444 e. The lowest BCUT2D eigenvalue weighted by molar-refractivity contribution is 0.0478. The second-order valence-electron chi connectivity index (χ2n) is 10.4. The highest BCUT2D eigenvalue weighted by Gasteiger charge is 2.25. The van der Waals surface area contributed by atoms with Crippen LogP contribution < -0.4 is 21.3 Å². The third-order valence-electron chi connectivity index (χ3n) is 4.92. The summed E-state index contributed by atoms with van der Waals surface area (Å²) in [6.07, 6.45) is 2.74. The normalized spacial score (nSPS) is 26.2. The lowest BCUT2D eigenvalue weighted by atomic mass is 10.0. The van der Waals surface area contributed by atoms with Crippen molar-refractivity contribution in [3.05, 3.63) is 0 Å². The van der Waals surface area contributed by atoms with E-state index < -0.39 is 11.2 Å². The van der Waals surface area contributed by atoms with Gasteiger partial charge in [0, 0.05) is 37.3 Å². The number of alkyl carbamates (subject to hydrolysis) is 2. The molecule has 0 bridgehead atoms. The Hall–Kier alpha value is -1.62. The van der Waals surface area contributed by atoms with Crippen LogP contribution in [0.5, 0.6) is 0 Å². The van der Waals surface area contributed by atoms with Crippen molar-refractivity contribution in [1.82, 2.24) is 21.3 Å². The first-order chi connectivity index (χ1) is 14.8. The molecule has 2 saturated heterocycles. The van der Waals surface area contributed by atoms with Crippen molar-refractivity contribution in [3.8, 4) is 0 Å². The zero-order chi connectivity index (χ0) is 24.4. The first kappa shape index (κ1) is 28.4. The van der Waals surface area contributed by atoms with E-state index in [9.17, 15) is 9.59 Å². The van der Waals surface area contributed by atoms with Gasteiger partial charge in [0.05, 0.1) is 13.2 Å². The number of aliphatic hydroxyl groups excluding tert-OH is 2. The van der Waals surface area contributed by atoms with Crippen molar-refractivity contribution in [2.45, 2.75) is 103 Å². The predicted molar refractivity (Wildman–Crippen MR) is 123 cm³/mol. The Bertz CT molecular complexity index is 510. The molecule has 2 aliphatic rings. The number of carbonyl (C=O) groups is 2. The molecule has 10 heteroatoms. The molecule has 0 aromatic heterocycles. The molecule has 0 aromatic rings. The number of aliphatic hydroxyl groups is 2. The van der Waals surface area contributed by atoms with E-state index in [1.807, 2.05) is 41.5 Å². The van der Waals surface area contributed by atoms with Crippen LogP contribution in [0.3, 0.4) is 0 Å². The highest BCUT2D eigenvalue weighted by Crippen LogP contribution is 2.11. The van der Waals surface area contributed by atoms with Gasteiger partial charge < -0.3 is 41.0 Å². The summed E-state index contributed by atoms with van der Waals surface area (Å²) in [4.78, 5) is 22.9. The van der Waals surface area contributed by atoms with E-state index in [4.69, 9.17) is 19.7 Å². The third-order valence-corrected chi connectivity index (χ3v) is 4.92. The first-order valence-corrected chi connectivity index (χ1v) is 11.5. The van der Waals surface area contributed by atoms with Gasteiger partial charge >= 0.3 is 12.2 Å². The second-order valence-corrected chi connectivity index (χ2v) is 10.4. The van der Waals surface area contributed by atoms with Crippen LogP contribution in [0.2, 0.25) is 0 Å². The molecule has 0 unspecified atom stereocenters. The summed E-state index contributed by atoms with van der Waals surface area (Å²) >= 11 is 0. The molecule has 6 N–H and O–H groups in total. The van der Waals surface area contributed by atoms with Gasteiger partial charge in [0.2, 0.25) is 0 Å². The number of hydrogen-bond donors (Lipinski definition) is 6. The molecular weight excluding hydrogens is 416 g/mol. The van der Waals surface area contributed by atoms with Crippen LogP contribution in [-0.4, -0.2) is 84.1 Å². The number of amides is 2. The Morgan fingerprint density at radius 3 is 1.31 bits per heavy atom. The van der Waals surface area contributed by atoms with Gasteiger partial charge in [-0.3, -0.25) is 0 Å². The van der Waals surface area contributed by atoms with Crippen LogP contribution in [0.15, 0.2) is 0 Å². The minimum atomic E-state index is -0.459. The quantitative estimate of drug-likeness (QED) is 0.368. The molecule has 0 saturated carbocycles. The lowest BCUT2D eigenvalue weighted by Crippen LogP contribution is -2.51. The molecule has 0 aromatic carbocycles. The molecule has 188 valence electrons. The van der Waals surface area contributed by atoms with Gasteiger partial charge in [-0.1, -0.05) is 0 Å². The van der Waals surface area contributed by atoms with Crippen LogP contribution in [0.4, 0.5) is 9.59 Å². The monoisotopic (exact) mass is 460 g/mol. The molecule has 4 atom stereocenters. The van der Waals surface area contributed by atoms with Gasteiger partial charge in [-0.15, -0.1) is 0 Å². The molecule has 0 spiro atoms. The van der Waals surface area contributed by atoms with Gasteiger partial charge in [-0.2, -0.15) is 0 Å². The number of ether oxygens (including phenoxy) is 2. The zero-order valence-corrected chi connectivity index (χ0v) is 20.5. The number of nitrogens with one attached hydrogen (secondary N) is 4. The minimum absolute atomic E-state index is 0.0950. The third kappa shape index (κ3) is 13.0. The highest BCUT2D eigenvalue weighted by atomic mass is 16.6. The zero-order valence-electron chi connectivity index (χ0n) is 20.5. The SMILES string of the molecule is CC(C)(C)OC(=O)N[C@@H]1CC[C@H](CO)NC1.CC(C)(C)OC(=O)N[C@H]1CC[C@@H](CO)NC1. The number of hydrogen-bond acceptors (Lipinski definition) is 8. The molecule has 2 fully saturated rings. The van der Waals surface area contributed by atoms with Gasteiger partial charge in [0.15, 0.2) is 0 Å². The number of rotatable bonds is 4. The Morgan fingerprint density at radius 2 is 1.09 bits per heavy atom. The fraction of sp³-hybridized carbons (Fsp3) is 0.909. The van der Waals surface area contributed by atoms with Gasteiger partial charge in [-0.05, 0) is 67.2 Å². The first-order valence-electron chi connectivity index (χ1n) is 11.5. The van der Waals surface area contributed by atoms with Crippen molar-refractivity contribution in [3.63, 3.8) is 0 Å². The standard InChI is InChI=1S/2C11H22N2O3/c2*1-11(2,3)16-10(15)13-8-4-5-9(7-14)12-6-8/h2*8-9,12,14H,4-7H2,1-3H3,(H,13,15)/t2*8-,9-/m10/s1. The summed E-state index contributed by atoms with van der Waals surface area (Å²) in [5.74, 6) is 0. The molecule has 2 heterocycles. The van der Waals surface area contributed by atoms with Gasteiger partial charge in [0.25, 0.3) is 0 Å². The average Bonchev–Trinajstić information content (AvgIpc) is 2.66. The van der Waals surface area contributed by atoms with Gasteiger partial charge in [-0.25, -0.2) is 9.59 Å². The summed E-state index contributed by atoms with van der Waals surface area (Å²) < 4.78 is 10.3. The van der Waals surface area contributed by atoms with Crippen LogP contribution in [0.25, 0.3) is 0 Å². The fourth-order valence-corrected chi connectivity index (χ4v) is 3.34. The molecule has 0 radical (unpaired) electrons. The maximum atomic E-state index is 11.5. The Balaban J connectivity index is 0.000000320. The number of carbonyl (C=O) groups excluding carboxylic acids is 2. The van der Waals surface area contributed by atoms with Crippen molar-refractivity contribution < 1.29 is 29.3 Å². The molecular formula is C22H44N4O6. The second kappa shape index (κ2) is 13.2. The van der Waals surface area contributed by atoms with Crippen LogP contribution >= 0.6 is 0 Å². The van der Waals surface area contributed by atoms with E-state index in [0.29, 0.717) is 13.1 Å². The van der Waals surface area contributed by atoms with Crippen LogP contribution in [0, 0.1) is 0 Å². The minimum Gasteiger partial charge on any atom is -0.444 e. The topological polar surface area (TPSA) is 141 Å². The Kier molecular flexibility index (Phi) is 11.7. The van der Waals surface area contributed by atoms with Crippen LogP contribution in [0.1, 0.15) is 67.2 Å². The van der Waals surface area contributed by atoms with E-state index in [1.165, 1.54) is 0 Å². The van der Waals surface area contributed by atoms with E-state index >= 15 is 0 Å².